The van der Waals surface area contributed by atoms with E-state index >= 15 is 0 Å². The number of hydrogen-bond donors (Lipinski definition) is 1. The number of fused-ring (bicyclic) bond motifs is 4. The monoisotopic (exact) mass is 586 g/mol. The summed E-state index contributed by atoms with van der Waals surface area (Å²) in [4.78, 5) is 28.4. The van der Waals surface area contributed by atoms with Crippen molar-refractivity contribution in [3.63, 3.8) is 0 Å². The summed E-state index contributed by atoms with van der Waals surface area (Å²) in [7, 11) is -1.48. The van der Waals surface area contributed by atoms with E-state index in [0.29, 0.717) is 19.3 Å². The Morgan fingerprint density at radius 3 is 2.10 bits per heavy atom. The molecule has 2 aromatic rings. The SMILES string of the molecule is COC(=O)[C@]12C(=O)CC[C@H](O[Si](c3ccccc3)(c3ccccc3)C(C)(C)C)[C@H]1CCC1=C3CC[C@H](O)[C@@]3(C)CC[C@@H]12. The lowest BCUT2D eigenvalue weighted by Crippen LogP contribution is -2.70. The van der Waals surface area contributed by atoms with Gasteiger partial charge in [0, 0.05) is 23.7 Å². The fraction of sp³-hybridized carbons (Fsp3) is 0.556. The molecule has 0 bridgehead atoms. The van der Waals surface area contributed by atoms with Crippen LogP contribution in [0.25, 0.3) is 0 Å². The Morgan fingerprint density at radius 1 is 0.905 bits per heavy atom. The van der Waals surface area contributed by atoms with Crippen LogP contribution in [0.15, 0.2) is 71.8 Å². The number of methoxy groups -OCH3 is 1. The lowest BCUT2D eigenvalue weighted by molar-refractivity contribution is -0.178. The van der Waals surface area contributed by atoms with Crippen molar-refractivity contribution in [2.75, 3.05) is 7.11 Å². The molecule has 6 rings (SSSR count). The van der Waals surface area contributed by atoms with Gasteiger partial charge in [-0.15, -0.1) is 0 Å². The summed E-state index contributed by atoms with van der Waals surface area (Å²) in [6, 6.07) is 21.2. The lowest BCUT2D eigenvalue weighted by atomic mass is 9.48. The first-order chi connectivity index (χ1) is 20.0. The second kappa shape index (κ2) is 10.6. The second-order valence-corrected chi connectivity index (χ2v) is 18.6. The molecule has 4 aliphatic carbocycles. The molecular formula is C36H46O5Si. The Balaban J connectivity index is 1.50. The molecule has 0 spiro atoms. The van der Waals surface area contributed by atoms with Gasteiger partial charge in [0.05, 0.1) is 19.3 Å². The first kappa shape index (κ1) is 29.5. The Bertz CT molecular complexity index is 1330. The number of carbonyl (C=O) groups excluding carboxylic acids is 2. The first-order valence-electron chi connectivity index (χ1n) is 15.8. The molecule has 3 saturated carbocycles. The fourth-order valence-electron chi connectivity index (χ4n) is 9.58. The number of allylic oxidation sites excluding steroid dienone is 1. The van der Waals surface area contributed by atoms with Crippen molar-refractivity contribution in [1.29, 1.82) is 0 Å². The number of esters is 1. The highest BCUT2D eigenvalue weighted by Gasteiger charge is 2.67. The van der Waals surface area contributed by atoms with Crippen molar-refractivity contribution in [3.05, 3.63) is 71.8 Å². The molecule has 3 fully saturated rings. The van der Waals surface area contributed by atoms with Crippen LogP contribution in [0.1, 0.15) is 79.1 Å². The predicted octanol–water partition coefficient (Wildman–Crippen LogP) is 5.73. The smallest absolute Gasteiger partial charge is 0.320 e. The number of Topliss-reactive ketones (excluding diaryl/α,β-unsaturated/α-hetero) is 1. The number of benzene rings is 2. The number of aliphatic hydroxyl groups excluding tert-OH is 1. The molecule has 0 aromatic heterocycles. The summed E-state index contributed by atoms with van der Waals surface area (Å²) in [6.45, 7) is 9.00. The van der Waals surface area contributed by atoms with E-state index in [0.717, 1.165) is 32.1 Å². The van der Waals surface area contributed by atoms with E-state index in [-0.39, 0.29) is 40.3 Å². The molecule has 1 N–H and O–H groups in total. The first-order valence-corrected chi connectivity index (χ1v) is 17.7. The molecule has 0 unspecified atom stereocenters. The van der Waals surface area contributed by atoms with Gasteiger partial charge in [-0.3, -0.25) is 9.59 Å². The third-order valence-electron chi connectivity index (χ3n) is 11.5. The van der Waals surface area contributed by atoms with Gasteiger partial charge in [-0.1, -0.05) is 99.5 Å². The molecular weight excluding hydrogens is 540 g/mol. The molecule has 0 heterocycles. The van der Waals surface area contributed by atoms with Crippen molar-refractivity contribution >= 4 is 30.4 Å². The maximum atomic E-state index is 14.3. The van der Waals surface area contributed by atoms with Crippen LogP contribution in [0.3, 0.4) is 0 Å². The molecule has 224 valence electrons. The van der Waals surface area contributed by atoms with Crippen molar-refractivity contribution < 1.29 is 23.9 Å². The Hall–Kier alpha value is -2.54. The van der Waals surface area contributed by atoms with E-state index in [4.69, 9.17) is 9.16 Å². The Morgan fingerprint density at radius 2 is 1.52 bits per heavy atom. The zero-order chi connectivity index (χ0) is 29.9. The zero-order valence-electron chi connectivity index (χ0n) is 25.8. The van der Waals surface area contributed by atoms with Gasteiger partial charge in [0.2, 0.25) is 0 Å². The van der Waals surface area contributed by atoms with Gasteiger partial charge < -0.3 is 14.3 Å². The quantitative estimate of drug-likeness (QED) is 0.210. The minimum Gasteiger partial charge on any atom is -0.468 e. The largest absolute Gasteiger partial charge is 0.468 e. The van der Waals surface area contributed by atoms with Gasteiger partial charge in [0.15, 0.2) is 5.78 Å². The lowest BCUT2D eigenvalue weighted by Gasteiger charge is -2.57. The predicted molar refractivity (Wildman–Crippen MR) is 167 cm³/mol. The third-order valence-corrected chi connectivity index (χ3v) is 16.6. The van der Waals surface area contributed by atoms with Crippen molar-refractivity contribution in [1.82, 2.24) is 0 Å². The number of hydrogen-bond acceptors (Lipinski definition) is 5. The molecule has 6 atom stereocenters. The van der Waals surface area contributed by atoms with Crippen molar-refractivity contribution in [2.24, 2.45) is 22.7 Å². The third kappa shape index (κ3) is 4.08. The number of rotatable bonds is 5. The standard InChI is InChI=1S/C36H46O5Si/c1-34(2,3)42(24-12-8-6-9-13-24,25-14-10-7-11-15-25)41-30-19-21-32(38)36(33(39)40-5)28-22-23-35(4)27(18-20-31(35)37)26(28)16-17-29(30)36/h6-15,28-31,37H,16-23H2,1-5H3/t28-,29+,30-,31-,35-,36-/m0/s1. The van der Waals surface area contributed by atoms with Gasteiger partial charge in [0.1, 0.15) is 5.41 Å². The van der Waals surface area contributed by atoms with E-state index in [1.54, 1.807) is 0 Å². The average Bonchev–Trinajstić information content (AvgIpc) is 3.30. The topological polar surface area (TPSA) is 72.8 Å². The summed E-state index contributed by atoms with van der Waals surface area (Å²) >= 11 is 0. The molecule has 0 radical (unpaired) electrons. The van der Waals surface area contributed by atoms with Crippen LogP contribution in [-0.4, -0.2) is 44.5 Å². The van der Waals surface area contributed by atoms with Crippen molar-refractivity contribution in [2.45, 2.75) is 96.3 Å². The van der Waals surface area contributed by atoms with E-state index < -0.39 is 19.7 Å². The van der Waals surface area contributed by atoms with Crippen LogP contribution >= 0.6 is 0 Å². The average molecular weight is 587 g/mol. The number of carbonyl (C=O) groups is 2. The molecule has 2 aromatic carbocycles. The van der Waals surface area contributed by atoms with Crippen LogP contribution in [0, 0.1) is 22.7 Å². The van der Waals surface area contributed by atoms with Gasteiger partial charge in [0.25, 0.3) is 8.32 Å². The molecule has 5 nitrogen and oxygen atoms in total. The summed E-state index contributed by atoms with van der Waals surface area (Å²) in [5.41, 5.74) is 1.06. The van der Waals surface area contributed by atoms with Crippen LogP contribution < -0.4 is 10.4 Å². The summed E-state index contributed by atoms with van der Waals surface area (Å²) in [5.74, 6) is -0.808. The Labute approximate surface area is 251 Å². The molecule has 0 aliphatic heterocycles. The molecule has 0 saturated heterocycles. The molecule has 4 aliphatic rings. The highest BCUT2D eigenvalue weighted by molar-refractivity contribution is 6.99. The summed E-state index contributed by atoms with van der Waals surface area (Å²) in [5, 5.41) is 13.1. The van der Waals surface area contributed by atoms with Crippen LogP contribution in [0.5, 0.6) is 0 Å². The highest BCUT2D eigenvalue weighted by atomic mass is 28.4. The maximum absolute atomic E-state index is 14.3. The van der Waals surface area contributed by atoms with Gasteiger partial charge in [-0.2, -0.15) is 0 Å². The minimum atomic E-state index is -2.91. The van der Waals surface area contributed by atoms with E-state index in [9.17, 15) is 14.7 Å². The maximum Gasteiger partial charge on any atom is 0.320 e. The minimum absolute atomic E-state index is 0.0200. The van der Waals surface area contributed by atoms with Crippen LogP contribution in [0.2, 0.25) is 5.04 Å². The van der Waals surface area contributed by atoms with Gasteiger partial charge in [-0.25, -0.2) is 0 Å². The van der Waals surface area contributed by atoms with E-state index in [1.165, 1.54) is 28.6 Å². The van der Waals surface area contributed by atoms with Crippen molar-refractivity contribution in [3.8, 4) is 0 Å². The summed E-state index contributed by atoms with van der Waals surface area (Å²) < 4.78 is 13.2. The fourth-order valence-corrected chi connectivity index (χ4v) is 14.3. The molecule has 0 amide bonds. The summed E-state index contributed by atoms with van der Waals surface area (Å²) in [6.07, 6.45) is 4.99. The van der Waals surface area contributed by atoms with E-state index in [1.807, 2.05) is 12.1 Å². The number of ketones is 1. The van der Waals surface area contributed by atoms with E-state index in [2.05, 4.69) is 76.2 Å². The van der Waals surface area contributed by atoms with Gasteiger partial charge >= 0.3 is 5.97 Å². The molecule has 6 heteroatoms. The molecule has 42 heavy (non-hydrogen) atoms. The van der Waals surface area contributed by atoms with Gasteiger partial charge in [-0.05, 0) is 60.4 Å². The second-order valence-electron chi connectivity index (χ2n) is 14.4. The normalized spacial score (nSPS) is 33.0. The Kier molecular flexibility index (Phi) is 7.43. The zero-order valence-corrected chi connectivity index (χ0v) is 26.8. The van der Waals surface area contributed by atoms with Crippen LogP contribution in [0.4, 0.5) is 0 Å². The van der Waals surface area contributed by atoms with Crippen LogP contribution in [-0.2, 0) is 18.8 Å². The highest BCUT2D eigenvalue weighted by Crippen LogP contribution is 2.64. The number of aliphatic hydroxyl groups is 1. The number of ether oxygens (including phenoxy) is 1.